The van der Waals surface area contributed by atoms with Gasteiger partial charge in [-0.25, -0.2) is 4.79 Å². The molecule has 1 unspecified atom stereocenters. The summed E-state index contributed by atoms with van der Waals surface area (Å²) in [5.41, 5.74) is 1.40. The third kappa shape index (κ3) is 5.09. The predicted octanol–water partition coefficient (Wildman–Crippen LogP) is 3.11. The van der Waals surface area contributed by atoms with Crippen molar-refractivity contribution >= 4 is 21.9 Å². The number of likely N-dealkylation sites (tertiary alicyclic amines) is 1. The van der Waals surface area contributed by atoms with E-state index in [4.69, 9.17) is 5.11 Å². The van der Waals surface area contributed by atoms with E-state index >= 15 is 0 Å². The summed E-state index contributed by atoms with van der Waals surface area (Å²) in [5.74, 6) is -0.895. The number of hydrogen-bond donors (Lipinski definition) is 2. The van der Waals surface area contributed by atoms with Crippen molar-refractivity contribution < 1.29 is 9.90 Å². The Balaban J connectivity index is 1.83. The average Bonchev–Trinajstić information content (AvgIpc) is 2.47. The fourth-order valence-electron chi connectivity index (χ4n) is 2.70. The number of piperidine rings is 1. The van der Waals surface area contributed by atoms with E-state index in [0.29, 0.717) is 11.6 Å². The van der Waals surface area contributed by atoms with Crippen LogP contribution in [0, 0.1) is 0 Å². The van der Waals surface area contributed by atoms with Crippen molar-refractivity contribution in [3.8, 4) is 0 Å². The van der Waals surface area contributed by atoms with Crippen LogP contribution in [-0.2, 0) is 6.54 Å². The molecule has 4 nitrogen and oxygen atoms in total. The van der Waals surface area contributed by atoms with E-state index in [1.54, 1.807) is 12.1 Å². The number of hydrogen-bond acceptors (Lipinski definition) is 3. The zero-order valence-corrected chi connectivity index (χ0v) is 14.0. The van der Waals surface area contributed by atoms with Crippen LogP contribution in [-0.4, -0.2) is 41.7 Å². The number of nitrogens with zero attached hydrogens (tertiary/aromatic N) is 1. The van der Waals surface area contributed by atoms with Crippen LogP contribution < -0.4 is 5.32 Å². The van der Waals surface area contributed by atoms with Crippen molar-refractivity contribution in [1.29, 1.82) is 0 Å². The lowest BCUT2D eigenvalue weighted by Gasteiger charge is -2.29. The molecule has 2 N–H and O–H groups in total. The highest BCUT2D eigenvalue weighted by molar-refractivity contribution is 9.10. The van der Waals surface area contributed by atoms with Crippen molar-refractivity contribution in [2.24, 2.45) is 0 Å². The van der Waals surface area contributed by atoms with Crippen LogP contribution in [0.1, 0.15) is 42.1 Å². The van der Waals surface area contributed by atoms with Crippen LogP contribution in [0.5, 0.6) is 0 Å². The van der Waals surface area contributed by atoms with Gasteiger partial charge in [0.25, 0.3) is 0 Å². The first-order valence-electron chi connectivity index (χ1n) is 7.53. The fourth-order valence-corrected chi connectivity index (χ4v) is 3.22. The molecule has 0 radical (unpaired) electrons. The largest absolute Gasteiger partial charge is 0.478 e. The Bertz CT molecular complexity index is 487. The molecule has 0 saturated carbocycles. The predicted molar refractivity (Wildman–Crippen MR) is 87.7 cm³/mol. The van der Waals surface area contributed by atoms with Crippen molar-refractivity contribution in [3.05, 3.63) is 33.8 Å². The summed E-state index contributed by atoms with van der Waals surface area (Å²) < 4.78 is 0.847. The summed E-state index contributed by atoms with van der Waals surface area (Å²) in [7, 11) is 0. The number of aromatic carboxylic acids is 1. The molecule has 0 bridgehead atoms. The maximum absolute atomic E-state index is 10.9. The molecule has 1 saturated heterocycles. The minimum absolute atomic E-state index is 0.312. The van der Waals surface area contributed by atoms with Crippen LogP contribution in [0.4, 0.5) is 0 Å². The van der Waals surface area contributed by atoms with Crippen LogP contribution in [0.3, 0.4) is 0 Å². The van der Waals surface area contributed by atoms with Gasteiger partial charge in [-0.1, -0.05) is 28.4 Å². The minimum Gasteiger partial charge on any atom is -0.478 e. The second-order valence-corrected chi connectivity index (χ2v) is 6.61. The van der Waals surface area contributed by atoms with Gasteiger partial charge in [-0.15, -0.1) is 0 Å². The van der Waals surface area contributed by atoms with E-state index in [9.17, 15) is 4.79 Å². The van der Waals surface area contributed by atoms with Gasteiger partial charge in [0.15, 0.2) is 0 Å². The highest BCUT2D eigenvalue weighted by Gasteiger charge is 2.13. The summed E-state index contributed by atoms with van der Waals surface area (Å²) >= 11 is 3.45. The number of benzene rings is 1. The summed E-state index contributed by atoms with van der Waals surface area (Å²) in [6.45, 7) is 6.44. The van der Waals surface area contributed by atoms with E-state index in [-0.39, 0.29) is 0 Å². The number of carboxylic acids is 1. The third-order valence-electron chi connectivity index (χ3n) is 3.92. The van der Waals surface area contributed by atoms with Gasteiger partial charge in [0.2, 0.25) is 0 Å². The van der Waals surface area contributed by atoms with Gasteiger partial charge >= 0.3 is 5.97 Å². The molecule has 0 spiro atoms. The van der Waals surface area contributed by atoms with Gasteiger partial charge in [0, 0.05) is 23.6 Å². The van der Waals surface area contributed by atoms with E-state index < -0.39 is 5.97 Å². The molecule has 116 valence electrons. The number of carboxylic acid groups (broad SMARTS) is 1. The third-order valence-corrected chi connectivity index (χ3v) is 4.66. The van der Waals surface area contributed by atoms with E-state index in [0.717, 1.165) is 23.1 Å². The van der Waals surface area contributed by atoms with E-state index in [1.165, 1.54) is 32.4 Å². The Labute approximate surface area is 134 Å². The standard InChI is InChI=1S/C16H23BrN2O2/c1-12(11-19-7-3-2-4-8-19)18-10-14-6-5-13(16(20)21)9-15(14)17/h5-6,9,12,18H,2-4,7-8,10-11H2,1H3,(H,20,21). The quantitative estimate of drug-likeness (QED) is 0.823. The Hall–Kier alpha value is -0.910. The second-order valence-electron chi connectivity index (χ2n) is 5.75. The zero-order valence-electron chi connectivity index (χ0n) is 12.4. The molecule has 1 aliphatic heterocycles. The molecule has 1 aliphatic rings. The SMILES string of the molecule is CC(CN1CCCCC1)NCc1ccc(C(=O)O)cc1Br. The average molecular weight is 355 g/mol. The molecule has 0 aliphatic carbocycles. The fraction of sp³-hybridized carbons (Fsp3) is 0.562. The van der Waals surface area contributed by atoms with Gasteiger partial charge in [-0.3, -0.25) is 0 Å². The van der Waals surface area contributed by atoms with Gasteiger partial charge in [0.05, 0.1) is 5.56 Å². The normalized spacial score (nSPS) is 17.6. The minimum atomic E-state index is -0.895. The first-order valence-corrected chi connectivity index (χ1v) is 8.33. The van der Waals surface area contributed by atoms with Gasteiger partial charge in [-0.2, -0.15) is 0 Å². The smallest absolute Gasteiger partial charge is 0.335 e. The van der Waals surface area contributed by atoms with Crippen LogP contribution in [0.2, 0.25) is 0 Å². The Morgan fingerprint density at radius 1 is 1.38 bits per heavy atom. The van der Waals surface area contributed by atoms with Crippen LogP contribution in [0.25, 0.3) is 0 Å². The van der Waals surface area contributed by atoms with Crippen molar-refractivity contribution in [1.82, 2.24) is 10.2 Å². The summed E-state index contributed by atoms with van der Waals surface area (Å²) in [6, 6.07) is 5.61. The van der Waals surface area contributed by atoms with Crippen LogP contribution in [0.15, 0.2) is 22.7 Å². The Morgan fingerprint density at radius 3 is 2.71 bits per heavy atom. The lowest BCUT2D eigenvalue weighted by molar-refractivity contribution is 0.0697. The molecule has 2 rings (SSSR count). The molecular formula is C16H23BrN2O2. The number of rotatable bonds is 6. The number of carbonyl (C=O) groups is 1. The number of halogens is 1. The molecule has 5 heteroatoms. The highest BCUT2D eigenvalue weighted by Crippen LogP contribution is 2.19. The lowest BCUT2D eigenvalue weighted by Crippen LogP contribution is -2.41. The molecule has 1 aromatic rings. The van der Waals surface area contributed by atoms with Gasteiger partial charge < -0.3 is 15.3 Å². The summed E-state index contributed by atoms with van der Waals surface area (Å²) in [4.78, 5) is 13.4. The van der Waals surface area contributed by atoms with E-state index in [2.05, 4.69) is 33.1 Å². The topological polar surface area (TPSA) is 52.6 Å². The van der Waals surface area contributed by atoms with Crippen LogP contribution >= 0.6 is 15.9 Å². The zero-order chi connectivity index (χ0) is 15.2. The molecule has 1 heterocycles. The maximum atomic E-state index is 10.9. The Morgan fingerprint density at radius 2 is 2.10 bits per heavy atom. The molecule has 21 heavy (non-hydrogen) atoms. The molecule has 0 amide bonds. The molecule has 0 aromatic heterocycles. The molecule has 1 atom stereocenters. The van der Waals surface area contributed by atoms with Crippen molar-refractivity contribution in [3.63, 3.8) is 0 Å². The highest BCUT2D eigenvalue weighted by atomic mass is 79.9. The first kappa shape index (κ1) is 16.5. The summed E-state index contributed by atoms with van der Waals surface area (Å²) in [5, 5.41) is 12.5. The van der Waals surface area contributed by atoms with Crippen molar-refractivity contribution in [2.45, 2.75) is 38.8 Å². The monoisotopic (exact) mass is 354 g/mol. The number of nitrogens with one attached hydrogen (secondary N) is 1. The molecular weight excluding hydrogens is 332 g/mol. The van der Waals surface area contributed by atoms with Crippen molar-refractivity contribution in [2.75, 3.05) is 19.6 Å². The molecule has 1 fully saturated rings. The van der Waals surface area contributed by atoms with E-state index in [1.807, 2.05) is 6.07 Å². The van der Waals surface area contributed by atoms with Gasteiger partial charge in [0.1, 0.15) is 0 Å². The van der Waals surface area contributed by atoms with Gasteiger partial charge in [-0.05, 0) is 50.6 Å². The second kappa shape index (κ2) is 7.92. The molecule has 1 aromatic carbocycles. The first-order chi connectivity index (χ1) is 10.1. The Kier molecular flexibility index (Phi) is 6.21. The maximum Gasteiger partial charge on any atom is 0.335 e. The lowest BCUT2D eigenvalue weighted by atomic mass is 10.1. The summed E-state index contributed by atoms with van der Waals surface area (Å²) in [6.07, 6.45) is 3.99.